The third-order valence-electron chi connectivity index (χ3n) is 1.40. The minimum atomic E-state index is 0.156. The van der Waals surface area contributed by atoms with Crippen molar-refractivity contribution in [3.63, 3.8) is 0 Å². The van der Waals surface area contributed by atoms with Crippen molar-refractivity contribution < 1.29 is 4.79 Å². The number of rotatable bonds is 2. The minimum absolute atomic E-state index is 0.156. The fourth-order valence-corrected chi connectivity index (χ4v) is 4.56. The average Bonchev–Trinajstić information content (AvgIpc) is 2.06. The molecule has 0 radical (unpaired) electrons. The van der Waals surface area contributed by atoms with Gasteiger partial charge in [-0.25, -0.2) is 0 Å². The third-order valence-corrected chi connectivity index (χ3v) is 5.66. The molecule has 0 aromatic rings. The van der Waals surface area contributed by atoms with E-state index in [9.17, 15) is 4.79 Å². The van der Waals surface area contributed by atoms with Gasteiger partial charge < -0.3 is 0 Å². The van der Waals surface area contributed by atoms with E-state index in [2.05, 4.69) is 6.58 Å². The van der Waals surface area contributed by atoms with Crippen LogP contribution in [0, 0.1) is 0 Å². The van der Waals surface area contributed by atoms with E-state index >= 15 is 0 Å². The van der Waals surface area contributed by atoms with Gasteiger partial charge >= 0.3 is 0 Å². The van der Waals surface area contributed by atoms with Gasteiger partial charge in [0.05, 0.1) is 0 Å². The maximum atomic E-state index is 11.3. The van der Waals surface area contributed by atoms with Gasteiger partial charge in [0.2, 0.25) is 5.12 Å². The highest BCUT2D eigenvalue weighted by atomic mass is 32.2. The lowest BCUT2D eigenvalue weighted by atomic mass is 10.4. The summed E-state index contributed by atoms with van der Waals surface area (Å²) in [6, 6.07) is 0. The van der Waals surface area contributed by atoms with Crippen LogP contribution in [0.2, 0.25) is 0 Å². The van der Waals surface area contributed by atoms with E-state index in [1.54, 1.807) is 6.92 Å². The Morgan fingerprint density at radius 2 is 2.08 bits per heavy atom. The molecule has 1 aliphatic heterocycles. The molecule has 1 aliphatic rings. The molecule has 1 fully saturated rings. The number of thioether (sulfide) groups is 3. The van der Waals surface area contributed by atoms with Gasteiger partial charge in [-0.05, 0) is 12.5 Å². The molecule has 1 nitrogen and oxygen atoms in total. The van der Waals surface area contributed by atoms with Crippen molar-refractivity contribution in [3.8, 4) is 0 Å². The first-order valence-electron chi connectivity index (χ1n) is 3.72. The molecule has 68 valence electrons. The summed E-state index contributed by atoms with van der Waals surface area (Å²) >= 11 is 5.28. The van der Waals surface area contributed by atoms with Gasteiger partial charge in [0.15, 0.2) is 0 Å². The quantitative estimate of drug-likeness (QED) is 0.665. The van der Waals surface area contributed by atoms with Crippen molar-refractivity contribution in [2.24, 2.45) is 0 Å². The van der Waals surface area contributed by atoms with Crippen LogP contribution >= 0.6 is 35.3 Å². The van der Waals surface area contributed by atoms with E-state index in [4.69, 9.17) is 0 Å². The van der Waals surface area contributed by atoms with Crippen molar-refractivity contribution in [1.29, 1.82) is 0 Å². The second-order valence-electron chi connectivity index (χ2n) is 2.67. The van der Waals surface area contributed by atoms with Crippen LogP contribution in [0.15, 0.2) is 12.2 Å². The van der Waals surface area contributed by atoms with E-state index in [1.165, 1.54) is 16.8 Å². The van der Waals surface area contributed by atoms with Gasteiger partial charge in [-0.3, -0.25) is 4.79 Å². The number of hydrogen-bond donors (Lipinski definition) is 0. The monoisotopic (exact) mass is 220 g/mol. The normalized spacial score (nSPS) is 19.1. The van der Waals surface area contributed by atoms with Gasteiger partial charge in [0.25, 0.3) is 0 Å². The number of hydrogen-bond acceptors (Lipinski definition) is 4. The van der Waals surface area contributed by atoms with Gasteiger partial charge in [-0.2, -0.15) is 0 Å². The summed E-state index contributed by atoms with van der Waals surface area (Å²) in [6.07, 6.45) is 0. The highest BCUT2D eigenvalue weighted by Gasteiger charge is 2.18. The molecule has 0 atom stereocenters. The number of carbonyl (C=O) groups is 1. The van der Waals surface area contributed by atoms with Crippen LogP contribution in [-0.2, 0) is 4.79 Å². The summed E-state index contributed by atoms with van der Waals surface area (Å²) in [7, 11) is 0. The summed E-state index contributed by atoms with van der Waals surface area (Å²) in [5, 5.41) is 1.83. The highest BCUT2D eigenvalue weighted by molar-refractivity contribution is 8.20. The molecule has 0 unspecified atom stereocenters. The van der Waals surface area contributed by atoms with Gasteiger partial charge in [-0.15, -0.1) is 23.5 Å². The lowest BCUT2D eigenvalue weighted by molar-refractivity contribution is -0.107. The van der Waals surface area contributed by atoms with Crippen molar-refractivity contribution in [3.05, 3.63) is 12.2 Å². The Kier molecular flexibility index (Phi) is 4.61. The molecule has 0 bridgehead atoms. The van der Waals surface area contributed by atoms with Crippen LogP contribution in [0.5, 0.6) is 0 Å². The fraction of sp³-hybridized carbons (Fsp3) is 0.625. The zero-order chi connectivity index (χ0) is 8.97. The van der Waals surface area contributed by atoms with Crippen molar-refractivity contribution in [2.75, 3.05) is 16.6 Å². The van der Waals surface area contributed by atoms with Crippen LogP contribution in [-0.4, -0.2) is 27.0 Å². The van der Waals surface area contributed by atoms with Crippen LogP contribution in [0.3, 0.4) is 0 Å². The van der Waals surface area contributed by atoms with Gasteiger partial charge in [0.1, 0.15) is 0 Å². The molecular weight excluding hydrogens is 208 g/mol. The lowest BCUT2D eigenvalue weighted by Gasteiger charge is -2.19. The van der Waals surface area contributed by atoms with E-state index in [0.717, 1.165) is 11.5 Å². The molecular formula is C8H12OS3. The van der Waals surface area contributed by atoms with E-state index in [1.807, 2.05) is 23.5 Å². The maximum absolute atomic E-state index is 11.3. The SMILES string of the molecule is C=C(C)C(=O)SC1CSCSC1. The molecule has 12 heavy (non-hydrogen) atoms. The van der Waals surface area contributed by atoms with Crippen molar-refractivity contribution >= 4 is 40.4 Å². The summed E-state index contributed by atoms with van der Waals surface area (Å²) in [5.74, 6) is 2.22. The first-order valence-corrected chi connectivity index (χ1v) is 6.91. The summed E-state index contributed by atoms with van der Waals surface area (Å²) < 4.78 is 0. The fourth-order valence-electron chi connectivity index (χ4n) is 0.786. The second kappa shape index (κ2) is 5.25. The summed E-state index contributed by atoms with van der Waals surface area (Å²) in [6.45, 7) is 5.41. The number of carbonyl (C=O) groups excluding carboxylic acids is 1. The second-order valence-corrected chi connectivity index (χ2v) is 6.37. The Morgan fingerprint density at radius 1 is 1.50 bits per heavy atom. The predicted molar refractivity (Wildman–Crippen MR) is 61.0 cm³/mol. The lowest BCUT2D eigenvalue weighted by Crippen LogP contribution is -2.17. The van der Waals surface area contributed by atoms with E-state index in [0.29, 0.717) is 10.8 Å². The highest BCUT2D eigenvalue weighted by Crippen LogP contribution is 2.30. The molecule has 0 aliphatic carbocycles. The molecule has 0 amide bonds. The average molecular weight is 220 g/mol. The molecule has 1 heterocycles. The maximum Gasteiger partial charge on any atom is 0.214 e. The smallest absolute Gasteiger partial charge is 0.214 e. The standard InChI is InChI=1S/C8H12OS3/c1-6(2)8(9)12-7-3-10-5-11-4-7/h7H,1,3-5H2,2H3. The molecule has 1 saturated heterocycles. The largest absolute Gasteiger partial charge is 0.282 e. The predicted octanol–water partition coefficient (Wildman–Crippen LogP) is 2.63. The van der Waals surface area contributed by atoms with Gasteiger partial charge in [-0.1, -0.05) is 18.3 Å². The van der Waals surface area contributed by atoms with Crippen LogP contribution < -0.4 is 0 Å². The van der Waals surface area contributed by atoms with Gasteiger partial charge in [0, 0.05) is 21.8 Å². The Hall–Kier alpha value is 0.460. The van der Waals surface area contributed by atoms with E-state index < -0.39 is 0 Å². The minimum Gasteiger partial charge on any atom is -0.282 e. The first kappa shape index (κ1) is 10.5. The summed E-state index contributed by atoms with van der Waals surface area (Å²) in [4.78, 5) is 11.3. The molecule has 0 N–H and O–H groups in total. The van der Waals surface area contributed by atoms with Crippen LogP contribution in [0.1, 0.15) is 6.92 Å². The molecule has 0 saturated carbocycles. The third kappa shape index (κ3) is 3.46. The van der Waals surface area contributed by atoms with Crippen molar-refractivity contribution in [1.82, 2.24) is 0 Å². The topological polar surface area (TPSA) is 17.1 Å². The first-order chi connectivity index (χ1) is 5.70. The zero-order valence-corrected chi connectivity index (χ0v) is 9.49. The Labute approximate surface area is 86.1 Å². The Morgan fingerprint density at radius 3 is 2.58 bits per heavy atom. The zero-order valence-electron chi connectivity index (χ0n) is 7.04. The Bertz CT molecular complexity index is 185. The molecule has 4 heteroatoms. The molecule has 0 aromatic carbocycles. The van der Waals surface area contributed by atoms with E-state index in [-0.39, 0.29) is 5.12 Å². The molecule has 0 spiro atoms. The van der Waals surface area contributed by atoms with Crippen LogP contribution in [0.4, 0.5) is 0 Å². The Balaban J connectivity index is 2.29. The molecule has 1 rings (SSSR count). The molecule has 0 aromatic heterocycles. The summed E-state index contributed by atoms with van der Waals surface area (Å²) in [5.41, 5.74) is 0.667. The van der Waals surface area contributed by atoms with Crippen LogP contribution in [0.25, 0.3) is 0 Å². The van der Waals surface area contributed by atoms with Crippen molar-refractivity contribution in [2.45, 2.75) is 12.2 Å².